The van der Waals surface area contributed by atoms with E-state index in [0.717, 1.165) is 5.92 Å². The second-order valence-corrected chi connectivity index (χ2v) is 5.56. The van der Waals surface area contributed by atoms with Gasteiger partial charge in [-0.2, -0.15) is 0 Å². The SMILES string of the molecule is CC1CC(NC(N)=S)CC(C)(C)C1. The molecule has 76 valence electrons. The molecule has 0 radical (unpaired) electrons. The monoisotopic (exact) mass is 200 g/mol. The molecular weight excluding hydrogens is 180 g/mol. The summed E-state index contributed by atoms with van der Waals surface area (Å²) in [5, 5.41) is 3.62. The minimum atomic E-state index is 0.431. The fraction of sp³-hybridized carbons (Fsp3) is 0.900. The summed E-state index contributed by atoms with van der Waals surface area (Å²) in [6.07, 6.45) is 3.68. The molecule has 1 rings (SSSR count). The summed E-state index contributed by atoms with van der Waals surface area (Å²) >= 11 is 4.86. The second kappa shape index (κ2) is 3.82. The average molecular weight is 200 g/mol. The van der Waals surface area contributed by atoms with Gasteiger partial charge in [0.2, 0.25) is 0 Å². The van der Waals surface area contributed by atoms with Crippen LogP contribution in [0.4, 0.5) is 0 Å². The molecule has 2 atom stereocenters. The quantitative estimate of drug-likeness (QED) is 0.636. The molecule has 3 N–H and O–H groups in total. The van der Waals surface area contributed by atoms with E-state index < -0.39 is 0 Å². The van der Waals surface area contributed by atoms with E-state index in [0.29, 0.717) is 16.6 Å². The molecule has 13 heavy (non-hydrogen) atoms. The van der Waals surface area contributed by atoms with Crippen LogP contribution in [0.5, 0.6) is 0 Å². The molecule has 0 saturated heterocycles. The zero-order valence-electron chi connectivity index (χ0n) is 8.76. The van der Waals surface area contributed by atoms with Crippen LogP contribution < -0.4 is 11.1 Å². The molecule has 0 bridgehead atoms. The molecule has 1 saturated carbocycles. The highest BCUT2D eigenvalue weighted by Gasteiger charge is 2.31. The highest BCUT2D eigenvalue weighted by molar-refractivity contribution is 7.80. The Balaban J connectivity index is 2.52. The molecule has 1 aliphatic carbocycles. The maximum absolute atomic E-state index is 5.48. The van der Waals surface area contributed by atoms with Gasteiger partial charge in [0.1, 0.15) is 0 Å². The lowest BCUT2D eigenvalue weighted by Crippen LogP contribution is -2.44. The first kappa shape index (κ1) is 10.8. The van der Waals surface area contributed by atoms with Crippen LogP contribution >= 0.6 is 12.2 Å². The van der Waals surface area contributed by atoms with Gasteiger partial charge >= 0.3 is 0 Å². The van der Waals surface area contributed by atoms with Gasteiger partial charge in [0, 0.05) is 6.04 Å². The Hall–Kier alpha value is -0.310. The van der Waals surface area contributed by atoms with Crippen molar-refractivity contribution in [3.8, 4) is 0 Å². The Labute approximate surface area is 86.3 Å². The minimum absolute atomic E-state index is 0.431. The van der Waals surface area contributed by atoms with Crippen LogP contribution in [-0.4, -0.2) is 11.2 Å². The predicted molar refractivity (Wildman–Crippen MR) is 60.5 cm³/mol. The third kappa shape index (κ3) is 3.51. The first-order valence-electron chi connectivity index (χ1n) is 4.95. The van der Waals surface area contributed by atoms with E-state index in [1.54, 1.807) is 0 Å². The molecular formula is C10H20N2S. The Kier molecular flexibility index (Phi) is 3.17. The number of nitrogens with two attached hydrogens (primary N) is 1. The molecule has 1 aliphatic rings. The summed E-state index contributed by atoms with van der Waals surface area (Å²) in [7, 11) is 0. The van der Waals surface area contributed by atoms with Crippen molar-refractivity contribution < 1.29 is 0 Å². The zero-order chi connectivity index (χ0) is 10.1. The van der Waals surface area contributed by atoms with Gasteiger partial charge < -0.3 is 11.1 Å². The van der Waals surface area contributed by atoms with Crippen LogP contribution in [0.2, 0.25) is 0 Å². The largest absolute Gasteiger partial charge is 0.376 e. The Morgan fingerprint density at radius 3 is 2.54 bits per heavy atom. The number of nitrogens with one attached hydrogen (secondary N) is 1. The highest BCUT2D eigenvalue weighted by atomic mass is 32.1. The molecule has 0 spiro atoms. The number of thiocarbonyl (C=S) groups is 1. The van der Waals surface area contributed by atoms with Gasteiger partial charge in [0.25, 0.3) is 0 Å². The Morgan fingerprint density at radius 2 is 2.08 bits per heavy atom. The summed E-state index contributed by atoms with van der Waals surface area (Å²) in [4.78, 5) is 0. The topological polar surface area (TPSA) is 38.0 Å². The fourth-order valence-electron chi connectivity index (χ4n) is 2.66. The molecule has 2 nitrogen and oxygen atoms in total. The third-order valence-corrected chi connectivity index (χ3v) is 2.85. The Bertz CT molecular complexity index is 201. The van der Waals surface area contributed by atoms with Crippen molar-refractivity contribution in [1.29, 1.82) is 0 Å². The normalized spacial score (nSPS) is 32.5. The summed E-state index contributed by atoms with van der Waals surface area (Å²) in [6, 6.07) is 0.483. The van der Waals surface area contributed by atoms with Crippen LogP contribution in [0.1, 0.15) is 40.0 Å². The van der Waals surface area contributed by atoms with E-state index in [1.165, 1.54) is 19.3 Å². The van der Waals surface area contributed by atoms with Gasteiger partial charge in [-0.05, 0) is 42.8 Å². The van der Waals surface area contributed by atoms with Crippen molar-refractivity contribution in [2.24, 2.45) is 17.1 Å². The van der Waals surface area contributed by atoms with E-state index in [-0.39, 0.29) is 0 Å². The number of hydrogen-bond acceptors (Lipinski definition) is 1. The van der Waals surface area contributed by atoms with Crippen molar-refractivity contribution in [3.05, 3.63) is 0 Å². The predicted octanol–water partition coefficient (Wildman–Crippen LogP) is 2.03. The van der Waals surface area contributed by atoms with E-state index in [2.05, 4.69) is 26.1 Å². The molecule has 0 aromatic carbocycles. The minimum Gasteiger partial charge on any atom is -0.376 e. The van der Waals surface area contributed by atoms with Gasteiger partial charge in [0.05, 0.1) is 0 Å². The van der Waals surface area contributed by atoms with Gasteiger partial charge in [-0.25, -0.2) is 0 Å². The molecule has 0 heterocycles. The van der Waals surface area contributed by atoms with Gasteiger partial charge in [-0.1, -0.05) is 20.8 Å². The van der Waals surface area contributed by atoms with Crippen molar-refractivity contribution in [1.82, 2.24) is 5.32 Å². The first-order chi connectivity index (χ1) is 5.89. The second-order valence-electron chi connectivity index (χ2n) is 5.12. The molecule has 2 unspecified atom stereocenters. The third-order valence-electron chi connectivity index (χ3n) is 2.73. The van der Waals surface area contributed by atoms with Crippen molar-refractivity contribution in [2.75, 3.05) is 0 Å². The maximum Gasteiger partial charge on any atom is 0.163 e. The van der Waals surface area contributed by atoms with E-state index >= 15 is 0 Å². The standard InChI is InChI=1S/C10H20N2S/c1-7-4-8(12-9(11)13)6-10(2,3)5-7/h7-8H,4-6H2,1-3H3,(H3,11,12,13). The summed E-state index contributed by atoms with van der Waals surface area (Å²) < 4.78 is 0. The van der Waals surface area contributed by atoms with Crippen LogP contribution in [0.15, 0.2) is 0 Å². The number of rotatable bonds is 1. The number of hydrogen-bond donors (Lipinski definition) is 2. The van der Waals surface area contributed by atoms with Crippen LogP contribution in [-0.2, 0) is 0 Å². The molecule has 0 aromatic rings. The Morgan fingerprint density at radius 1 is 1.46 bits per heavy atom. The van der Waals surface area contributed by atoms with E-state index in [9.17, 15) is 0 Å². The summed E-state index contributed by atoms with van der Waals surface area (Å²) in [6.45, 7) is 6.93. The molecule has 0 aromatic heterocycles. The lowest BCUT2D eigenvalue weighted by Gasteiger charge is -2.39. The molecule has 0 aliphatic heterocycles. The van der Waals surface area contributed by atoms with E-state index in [1.807, 2.05) is 0 Å². The van der Waals surface area contributed by atoms with E-state index in [4.69, 9.17) is 18.0 Å². The lowest BCUT2D eigenvalue weighted by atomic mass is 9.71. The van der Waals surface area contributed by atoms with Crippen molar-refractivity contribution in [2.45, 2.75) is 46.1 Å². The zero-order valence-corrected chi connectivity index (χ0v) is 9.58. The molecule has 3 heteroatoms. The van der Waals surface area contributed by atoms with Crippen molar-refractivity contribution in [3.63, 3.8) is 0 Å². The molecule has 1 fully saturated rings. The van der Waals surface area contributed by atoms with Crippen LogP contribution in [0, 0.1) is 11.3 Å². The molecule has 0 amide bonds. The van der Waals surface area contributed by atoms with Crippen molar-refractivity contribution >= 4 is 17.3 Å². The average Bonchev–Trinajstić information content (AvgIpc) is 1.78. The van der Waals surface area contributed by atoms with Gasteiger partial charge in [0.15, 0.2) is 5.11 Å². The summed E-state index contributed by atoms with van der Waals surface area (Å²) in [5.41, 5.74) is 5.91. The lowest BCUT2D eigenvalue weighted by molar-refractivity contribution is 0.161. The highest BCUT2D eigenvalue weighted by Crippen LogP contribution is 2.38. The van der Waals surface area contributed by atoms with Crippen LogP contribution in [0.25, 0.3) is 0 Å². The smallest absolute Gasteiger partial charge is 0.163 e. The van der Waals surface area contributed by atoms with Gasteiger partial charge in [-0.15, -0.1) is 0 Å². The maximum atomic E-state index is 5.48. The fourth-order valence-corrected chi connectivity index (χ4v) is 2.82. The summed E-state index contributed by atoms with van der Waals surface area (Å²) in [5.74, 6) is 0.774. The first-order valence-corrected chi connectivity index (χ1v) is 5.36. The van der Waals surface area contributed by atoms with Gasteiger partial charge in [-0.3, -0.25) is 0 Å². The van der Waals surface area contributed by atoms with Crippen LogP contribution in [0.3, 0.4) is 0 Å².